The number of nitrogens with zero attached hydrogens (tertiary/aromatic N) is 1. The van der Waals surface area contributed by atoms with Crippen LogP contribution in [-0.4, -0.2) is 28.8 Å². The van der Waals surface area contributed by atoms with Crippen molar-refractivity contribution in [2.24, 2.45) is 0 Å². The normalized spacial score (nSPS) is 14.4. The van der Waals surface area contributed by atoms with Crippen LogP contribution in [0.5, 0.6) is 0 Å². The topological polar surface area (TPSA) is 49.4 Å². The molecule has 4 nitrogen and oxygen atoms in total. The molecule has 2 amide bonds. The van der Waals surface area contributed by atoms with Gasteiger partial charge in [0.05, 0.1) is 6.42 Å². The molecule has 36 heavy (non-hydrogen) atoms. The third kappa shape index (κ3) is 7.12. The zero-order valence-electron chi connectivity index (χ0n) is 19.9. The lowest BCUT2D eigenvalue weighted by Gasteiger charge is -2.32. The molecule has 1 N–H and O–H groups in total. The van der Waals surface area contributed by atoms with Gasteiger partial charge in [0.15, 0.2) is 0 Å². The zero-order chi connectivity index (χ0) is 25.5. The first-order valence-electron chi connectivity index (χ1n) is 12.2. The van der Waals surface area contributed by atoms with Gasteiger partial charge in [0.2, 0.25) is 11.8 Å². The number of nitrogens with one attached hydrogen (secondary N) is 1. The van der Waals surface area contributed by atoms with E-state index in [1.165, 1.54) is 0 Å². The molecule has 4 rings (SSSR count). The van der Waals surface area contributed by atoms with Gasteiger partial charge >= 0.3 is 0 Å². The first kappa shape index (κ1) is 26.7. The van der Waals surface area contributed by atoms with Gasteiger partial charge < -0.3 is 10.2 Å². The molecule has 3 aromatic rings. The number of carbonyl (C=O) groups is 2. The van der Waals surface area contributed by atoms with E-state index in [0.29, 0.717) is 28.6 Å². The molecule has 1 atom stereocenters. The van der Waals surface area contributed by atoms with Crippen molar-refractivity contribution in [3.05, 3.63) is 104 Å². The van der Waals surface area contributed by atoms with Gasteiger partial charge in [-0.15, -0.1) is 0 Å². The lowest BCUT2D eigenvalue weighted by Crippen LogP contribution is -2.52. The minimum Gasteiger partial charge on any atom is -0.352 e. The number of benzene rings is 3. The van der Waals surface area contributed by atoms with Gasteiger partial charge in [0.25, 0.3) is 0 Å². The molecule has 7 heteroatoms. The van der Waals surface area contributed by atoms with Crippen LogP contribution in [0.3, 0.4) is 0 Å². The van der Waals surface area contributed by atoms with E-state index in [4.69, 9.17) is 23.2 Å². The van der Waals surface area contributed by atoms with E-state index in [0.717, 1.165) is 41.3 Å². The monoisotopic (exact) mass is 586 g/mol. The number of hydrogen-bond acceptors (Lipinski definition) is 2. The van der Waals surface area contributed by atoms with Crippen molar-refractivity contribution in [1.29, 1.82) is 0 Å². The van der Waals surface area contributed by atoms with Gasteiger partial charge in [-0.3, -0.25) is 9.59 Å². The molecule has 0 heterocycles. The molecule has 0 aliphatic heterocycles. The fraction of sp³-hybridized carbons (Fsp3) is 0.310. The van der Waals surface area contributed by atoms with Crippen LogP contribution in [0.1, 0.15) is 42.4 Å². The average molecular weight is 588 g/mol. The maximum absolute atomic E-state index is 13.9. The van der Waals surface area contributed by atoms with Crippen molar-refractivity contribution in [3.63, 3.8) is 0 Å². The predicted molar refractivity (Wildman–Crippen MR) is 149 cm³/mol. The van der Waals surface area contributed by atoms with E-state index in [9.17, 15) is 9.59 Å². The molecule has 0 saturated heterocycles. The smallest absolute Gasteiger partial charge is 0.243 e. The summed E-state index contributed by atoms with van der Waals surface area (Å²) in [5.74, 6) is -0.322. The highest BCUT2D eigenvalue weighted by atomic mass is 79.9. The van der Waals surface area contributed by atoms with Gasteiger partial charge in [-0.1, -0.05) is 101 Å². The maximum atomic E-state index is 13.9. The van der Waals surface area contributed by atoms with Crippen LogP contribution in [-0.2, 0) is 29.0 Å². The standard InChI is InChI=1S/C29H29BrCl2N2O2/c30-22-15-13-21(14-16-22)19-34(28(35)18-24-25(31)11-6-12-26(24)32)27(17-20-7-2-1-3-8-20)29(36)33-23-9-4-5-10-23/h1-3,6-8,11-16,23,27H,4-5,9-10,17-19H2,(H,33,36)/t27-/m1/s1. The molecule has 0 radical (unpaired) electrons. The van der Waals surface area contributed by atoms with E-state index < -0.39 is 6.04 Å². The van der Waals surface area contributed by atoms with E-state index in [2.05, 4.69) is 21.2 Å². The molecule has 1 aliphatic carbocycles. The van der Waals surface area contributed by atoms with Crippen LogP contribution in [0.2, 0.25) is 10.0 Å². The van der Waals surface area contributed by atoms with Gasteiger partial charge in [0, 0.05) is 33.5 Å². The largest absolute Gasteiger partial charge is 0.352 e. The second kappa shape index (κ2) is 12.8. The van der Waals surface area contributed by atoms with Crippen LogP contribution >= 0.6 is 39.1 Å². The van der Waals surface area contributed by atoms with E-state index in [1.807, 2.05) is 54.6 Å². The number of rotatable bonds is 9. The second-order valence-corrected chi connectivity index (χ2v) is 11.0. The quantitative estimate of drug-likeness (QED) is 0.293. The highest BCUT2D eigenvalue weighted by Gasteiger charge is 2.32. The van der Waals surface area contributed by atoms with Crippen molar-refractivity contribution in [2.75, 3.05) is 0 Å². The second-order valence-electron chi connectivity index (χ2n) is 9.22. The summed E-state index contributed by atoms with van der Waals surface area (Å²) in [7, 11) is 0. The Morgan fingerprint density at radius 2 is 1.53 bits per heavy atom. The summed E-state index contributed by atoms with van der Waals surface area (Å²) in [5, 5.41) is 4.10. The number of amides is 2. The van der Waals surface area contributed by atoms with Crippen molar-refractivity contribution in [2.45, 2.75) is 57.2 Å². The summed E-state index contributed by atoms with van der Waals surface area (Å²) in [6.07, 6.45) is 4.59. The summed E-state index contributed by atoms with van der Waals surface area (Å²) in [5.41, 5.74) is 2.50. The highest BCUT2D eigenvalue weighted by Crippen LogP contribution is 2.27. The molecule has 1 saturated carbocycles. The van der Waals surface area contributed by atoms with E-state index >= 15 is 0 Å². The van der Waals surface area contributed by atoms with Crippen molar-refractivity contribution in [1.82, 2.24) is 10.2 Å². The molecule has 1 aliphatic rings. The fourth-order valence-corrected chi connectivity index (χ4v) is 5.46. The fourth-order valence-electron chi connectivity index (χ4n) is 4.66. The number of hydrogen-bond donors (Lipinski definition) is 1. The Bertz CT molecular complexity index is 1160. The summed E-state index contributed by atoms with van der Waals surface area (Å²) >= 11 is 16.3. The Morgan fingerprint density at radius 1 is 0.889 bits per heavy atom. The Labute approximate surface area is 231 Å². The van der Waals surface area contributed by atoms with Crippen molar-refractivity contribution < 1.29 is 9.59 Å². The van der Waals surface area contributed by atoms with E-state index in [-0.39, 0.29) is 24.3 Å². The van der Waals surface area contributed by atoms with Gasteiger partial charge in [-0.2, -0.15) is 0 Å². The van der Waals surface area contributed by atoms with E-state index in [1.54, 1.807) is 23.1 Å². The van der Waals surface area contributed by atoms with Crippen LogP contribution in [0.15, 0.2) is 77.3 Å². The molecule has 188 valence electrons. The molecule has 0 bridgehead atoms. The molecular weight excluding hydrogens is 559 g/mol. The number of carbonyl (C=O) groups excluding carboxylic acids is 2. The van der Waals surface area contributed by atoms with Gasteiger partial charge in [0.1, 0.15) is 6.04 Å². The summed E-state index contributed by atoms with van der Waals surface area (Å²) in [4.78, 5) is 29.3. The minimum absolute atomic E-state index is 0.0109. The molecule has 0 aromatic heterocycles. The molecule has 0 unspecified atom stereocenters. The lowest BCUT2D eigenvalue weighted by molar-refractivity contribution is -0.141. The van der Waals surface area contributed by atoms with Crippen molar-refractivity contribution in [3.8, 4) is 0 Å². The summed E-state index contributed by atoms with van der Waals surface area (Å²) in [6.45, 7) is 0.295. The summed E-state index contributed by atoms with van der Waals surface area (Å²) < 4.78 is 0.951. The van der Waals surface area contributed by atoms with Crippen LogP contribution in [0.25, 0.3) is 0 Å². The van der Waals surface area contributed by atoms with Crippen molar-refractivity contribution >= 4 is 50.9 Å². The SMILES string of the molecule is O=C(NC1CCCC1)[C@@H](Cc1ccccc1)N(Cc1ccc(Br)cc1)C(=O)Cc1c(Cl)cccc1Cl. The van der Waals surface area contributed by atoms with Gasteiger partial charge in [-0.25, -0.2) is 0 Å². The first-order chi connectivity index (χ1) is 17.4. The first-order valence-corrected chi connectivity index (χ1v) is 13.8. The third-order valence-electron chi connectivity index (χ3n) is 6.63. The Hall–Kier alpha value is -2.34. The zero-order valence-corrected chi connectivity index (χ0v) is 23.0. The number of halogens is 3. The Kier molecular flexibility index (Phi) is 9.47. The molecule has 1 fully saturated rings. The predicted octanol–water partition coefficient (Wildman–Crippen LogP) is 7.00. The molecule has 3 aromatic carbocycles. The summed E-state index contributed by atoms with van der Waals surface area (Å²) in [6, 6.07) is 22.3. The van der Waals surface area contributed by atoms with Crippen LogP contribution in [0, 0.1) is 0 Å². The maximum Gasteiger partial charge on any atom is 0.243 e. The highest BCUT2D eigenvalue weighted by molar-refractivity contribution is 9.10. The molecular formula is C29H29BrCl2N2O2. The Morgan fingerprint density at radius 3 is 2.17 bits per heavy atom. The lowest BCUT2D eigenvalue weighted by atomic mass is 10.0. The third-order valence-corrected chi connectivity index (χ3v) is 7.87. The van der Waals surface area contributed by atoms with Crippen LogP contribution in [0.4, 0.5) is 0 Å². The Balaban J connectivity index is 1.68. The molecule has 0 spiro atoms. The van der Waals surface area contributed by atoms with Crippen LogP contribution < -0.4 is 5.32 Å². The van der Waals surface area contributed by atoms with Gasteiger partial charge in [-0.05, 0) is 53.8 Å². The average Bonchev–Trinajstić information content (AvgIpc) is 3.38. The minimum atomic E-state index is -0.676.